The molecule has 2 aromatic rings. The Morgan fingerprint density at radius 3 is 2.00 bits per heavy atom. The summed E-state index contributed by atoms with van der Waals surface area (Å²) in [4.78, 5) is 11.8. The van der Waals surface area contributed by atoms with Crippen LogP contribution in [-0.4, -0.2) is 25.3 Å². The van der Waals surface area contributed by atoms with Crippen molar-refractivity contribution in [3.05, 3.63) is 24.3 Å². The number of methoxy groups -OCH3 is 2. The van der Waals surface area contributed by atoms with Crippen LogP contribution in [0.2, 0.25) is 0 Å². The zero-order chi connectivity index (χ0) is 15.6. The predicted molar refractivity (Wildman–Crippen MR) is 79.2 cm³/mol. The minimum Gasteiger partial charge on any atom is -0.507 e. The van der Waals surface area contributed by atoms with Gasteiger partial charge in [-0.1, -0.05) is 13.8 Å². The van der Waals surface area contributed by atoms with Crippen molar-refractivity contribution in [1.82, 2.24) is 0 Å². The molecule has 0 aliphatic rings. The number of hydrogen-bond acceptors (Lipinski definition) is 5. The van der Waals surface area contributed by atoms with Gasteiger partial charge in [-0.2, -0.15) is 0 Å². The molecule has 0 radical (unpaired) electrons. The number of carbonyl (C=O) groups excluding carboxylic acids is 1. The number of phenols is 1. The molecule has 0 saturated heterocycles. The maximum atomic E-state index is 11.8. The summed E-state index contributed by atoms with van der Waals surface area (Å²) in [6.45, 7) is 3.51. The lowest BCUT2D eigenvalue weighted by molar-refractivity contribution is -0.137. The van der Waals surface area contributed by atoms with Crippen LogP contribution in [0.1, 0.15) is 13.8 Å². The molecule has 2 aromatic carbocycles. The van der Waals surface area contributed by atoms with Gasteiger partial charge in [0, 0.05) is 0 Å². The van der Waals surface area contributed by atoms with Gasteiger partial charge in [-0.3, -0.25) is 4.79 Å². The average Bonchev–Trinajstić information content (AvgIpc) is 2.48. The van der Waals surface area contributed by atoms with E-state index < -0.39 is 0 Å². The van der Waals surface area contributed by atoms with Crippen molar-refractivity contribution in [2.45, 2.75) is 13.8 Å². The third-order valence-electron chi connectivity index (χ3n) is 3.15. The predicted octanol–water partition coefficient (Wildman–Crippen LogP) is 3.12. The Hall–Kier alpha value is -2.43. The molecule has 0 amide bonds. The van der Waals surface area contributed by atoms with Crippen LogP contribution in [-0.2, 0) is 4.79 Å². The molecule has 0 saturated carbocycles. The van der Waals surface area contributed by atoms with E-state index in [1.807, 2.05) is 0 Å². The maximum absolute atomic E-state index is 11.8. The van der Waals surface area contributed by atoms with Crippen LogP contribution >= 0.6 is 0 Å². The van der Waals surface area contributed by atoms with Crippen molar-refractivity contribution in [2.24, 2.45) is 5.92 Å². The molecule has 1 N–H and O–H groups in total. The fraction of sp³-hybridized carbons (Fsp3) is 0.312. The molecule has 5 nitrogen and oxygen atoms in total. The zero-order valence-corrected chi connectivity index (χ0v) is 12.5. The maximum Gasteiger partial charge on any atom is 0.313 e. The first kappa shape index (κ1) is 15.0. The van der Waals surface area contributed by atoms with Crippen molar-refractivity contribution in [1.29, 1.82) is 0 Å². The molecule has 0 heterocycles. The number of phenolic OH excluding ortho intramolecular Hbond substituents is 1. The third-order valence-corrected chi connectivity index (χ3v) is 3.15. The van der Waals surface area contributed by atoms with Gasteiger partial charge < -0.3 is 19.3 Å². The third kappa shape index (κ3) is 2.72. The molecular formula is C16H18O5. The number of carbonyl (C=O) groups is 1. The van der Waals surface area contributed by atoms with Crippen LogP contribution in [0.5, 0.6) is 23.0 Å². The number of benzene rings is 2. The molecule has 2 rings (SSSR count). The number of hydrogen-bond donors (Lipinski definition) is 1. The minimum absolute atomic E-state index is 0.0325. The first-order valence-corrected chi connectivity index (χ1v) is 6.58. The Balaban J connectivity index is 2.72. The first-order valence-electron chi connectivity index (χ1n) is 6.58. The van der Waals surface area contributed by atoms with E-state index in [0.717, 1.165) is 0 Å². The summed E-state index contributed by atoms with van der Waals surface area (Å²) in [5.74, 6) is 0.721. The molecule has 0 atom stereocenters. The van der Waals surface area contributed by atoms with E-state index in [2.05, 4.69) is 0 Å². The number of fused-ring (bicyclic) bond motifs is 1. The molecule has 0 spiro atoms. The molecule has 0 aromatic heterocycles. The molecule has 21 heavy (non-hydrogen) atoms. The van der Waals surface area contributed by atoms with E-state index in [9.17, 15) is 9.90 Å². The Kier molecular flexibility index (Phi) is 4.21. The van der Waals surface area contributed by atoms with Gasteiger partial charge in [0.15, 0.2) is 0 Å². The summed E-state index contributed by atoms with van der Waals surface area (Å²) in [6, 6.07) is 6.40. The van der Waals surface area contributed by atoms with Crippen LogP contribution in [0.25, 0.3) is 10.8 Å². The van der Waals surface area contributed by atoms with Crippen molar-refractivity contribution in [2.75, 3.05) is 14.2 Å². The standard InChI is InChI=1S/C16H18O5/c1-9(2)16(18)21-13-6-5-10(17)14-11(19-3)7-8-12(20-4)15(13)14/h5-9,17H,1-4H3. The topological polar surface area (TPSA) is 65.0 Å². The highest BCUT2D eigenvalue weighted by molar-refractivity contribution is 6.02. The number of ether oxygens (including phenoxy) is 3. The van der Waals surface area contributed by atoms with E-state index in [1.165, 1.54) is 20.3 Å². The molecule has 5 heteroatoms. The summed E-state index contributed by atoms with van der Waals surface area (Å²) in [6.07, 6.45) is 0. The van der Waals surface area contributed by atoms with Crippen LogP contribution in [0.15, 0.2) is 24.3 Å². The van der Waals surface area contributed by atoms with Crippen molar-refractivity contribution in [3.63, 3.8) is 0 Å². The normalized spacial score (nSPS) is 10.7. The Bertz CT molecular complexity index is 676. The number of aromatic hydroxyl groups is 1. The van der Waals surface area contributed by atoms with Gasteiger partial charge in [0.25, 0.3) is 0 Å². The second-order valence-electron chi connectivity index (χ2n) is 4.88. The average molecular weight is 290 g/mol. The monoisotopic (exact) mass is 290 g/mol. The molecule has 0 fully saturated rings. The van der Waals surface area contributed by atoms with Gasteiger partial charge >= 0.3 is 5.97 Å². The number of rotatable bonds is 4. The van der Waals surface area contributed by atoms with Crippen LogP contribution < -0.4 is 14.2 Å². The lowest BCUT2D eigenvalue weighted by atomic mass is 10.1. The van der Waals surface area contributed by atoms with Gasteiger partial charge in [0.1, 0.15) is 23.0 Å². The Morgan fingerprint density at radius 2 is 1.48 bits per heavy atom. The van der Waals surface area contributed by atoms with Crippen LogP contribution in [0.4, 0.5) is 0 Å². The summed E-state index contributed by atoms with van der Waals surface area (Å²) < 4.78 is 16.0. The van der Waals surface area contributed by atoms with E-state index in [4.69, 9.17) is 14.2 Å². The van der Waals surface area contributed by atoms with Crippen molar-refractivity contribution in [3.8, 4) is 23.0 Å². The van der Waals surface area contributed by atoms with E-state index in [1.54, 1.807) is 32.0 Å². The smallest absolute Gasteiger partial charge is 0.313 e. The number of esters is 1. The second-order valence-corrected chi connectivity index (χ2v) is 4.88. The van der Waals surface area contributed by atoms with E-state index >= 15 is 0 Å². The van der Waals surface area contributed by atoms with Gasteiger partial charge in [0.05, 0.1) is 30.9 Å². The quantitative estimate of drug-likeness (QED) is 0.692. The SMILES string of the molecule is COc1ccc(OC)c2c(OC(=O)C(C)C)ccc(O)c12. The first-order chi connectivity index (χ1) is 9.99. The summed E-state index contributed by atoms with van der Waals surface area (Å²) in [5.41, 5.74) is 0. The van der Waals surface area contributed by atoms with Gasteiger partial charge in [0.2, 0.25) is 0 Å². The molecule has 0 bridgehead atoms. The highest BCUT2D eigenvalue weighted by Gasteiger charge is 2.19. The summed E-state index contributed by atoms with van der Waals surface area (Å²) in [7, 11) is 3.02. The van der Waals surface area contributed by atoms with Crippen molar-refractivity contribution >= 4 is 16.7 Å². The van der Waals surface area contributed by atoms with E-state index in [0.29, 0.717) is 28.0 Å². The Labute approximate surface area is 123 Å². The molecule has 0 unspecified atom stereocenters. The summed E-state index contributed by atoms with van der Waals surface area (Å²) >= 11 is 0. The molecule has 0 aliphatic heterocycles. The van der Waals surface area contributed by atoms with Crippen molar-refractivity contribution < 1.29 is 24.1 Å². The fourth-order valence-electron chi connectivity index (χ4n) is 2.04. The van der Waals surface area contributed by atoms with Gasteiger partial charge in [-0.15, -0.1) is 0 Å². The molecule has 112 valence electrons. The largest absolute Gasteiger partial charge is 0.507 e. The zero-order valence-electron chi connectivity index (χ0n) is 12.5. The van der Waals surface area contributed by atoms with E-state index in [-0.39, 0.29) is 17.6 Å². The van der Waals surface area contributed by atoms with Gasteiger partial charge in [-0.05, 0) is 24.3 Å². The highest BCUT2D eigenvalue weighted by Crippen LogP contribution is 2.43. The highest BCUT2D eigenvalue weighted by atomic mass is 16.5. The minimum atomic E-state index is -0.355. The van der Waals surface area contributed by atoms with Crippen LogP contribution in [0, 0.1) is 5.92 Å². The second kappa shape index (κ2) is 5.91. The van der Waals surface area contributed by atoms with Gasteiger partial charge in [-0.25, -0.2) is 0 Å². The lowest BCUT2D eigenvalue weighted by Crippen LogP contribution is -2.15. The molecule has 0 aliphatic carbocycles. The summed E-state index contributed by atoms with van der Waals surface area (Å²) in [5, 5.41) is 11.1. The van der Waals surface area contributed by atoms with Crippen LogP contribution in [0.3, 0.4) is 0 Å². The Morgan fingerprint density at radius 1 is 0.952 bits per heavy atom. The molecular weight excluding hydrogens is 272 g/mol. The fourth-order valence-corrected chi connectivity index (χ4v) is 2.04. The lowest BCUT2D eigenvalue weighted by Gasteiger charge is -2.15.